The first-order valence-corrected chi connectivity index (χ1v) is 9.20. The van der Waals surface area contributed by atoms with E-state index in [9.17, 15) is 15.8 Å². The van der Waals surface area contributed by atoms with Crippen LogP contribution in [-0.2, 0) is 0 Å². The van der Waals surface area contributed by atoms with Crippen molar-refractivity contribution in [1.82, 2.24) is 0 Å². The Hall–Kier alpha value is -1.91. The summed E-state index contributed by atoms with van der Waals surface area (Å²) in [6, 6.07) is 9.96. The Bertz CT molecular complexity index is 833. The van der Waals surface area contributed by atoms with Gasteiger partial charge in [-0.2, -0.15) is 27.5 Å². The molecule has 3 rings (SSSR count). The summed E-state index contributed by atoms with van der Waals surface area (Å²) in [5.74, 6) is 1.15. The van der Waals surface area contributed by atoms with Crippen LogP contribution >= 0.6 is 34.7 Å². The molecule has 2 aliphatic rings. The zero-order valence-electron chi connectivity index (χ0n) is 11.9. The van der Waals surface area contributed by atoms with Crippen LogP contribution in [-0.4, -0.2) is 11.5 Å². The predicted molar refractivity (Wildman–Crippen MR) is 91.5 cm³/mol. The summed E-state index contributed by atoms with van der Waals surface area (Å²) < 4.78 is 0.641. The van der Waals surface area contributed by atoms with Crippen molar-refractivity contribution < 1.29 is 0 Å². The van der Waals surface area contributed by atoms with Gasteiger partial charge in [-0.3, -0.25) is 0 Å². The minimum atomic E-state index is -1.53. The third-order valence-electron chi connectivity index (χ3n) is 4.31. The average molecular weight is 359 g/mol. The molecule has 23 heavy (non-hydrogen) atoms. The summed E-state index contributed by atoms with van der Waals surface area (Å²) in [5, 5.41) is 29.0. The standard InChI is InChI=1S/C16H11ClN4S2/c17-13-2-1-12(23-13)14-9(5-18)15(21)16(7-19,8-20)11-3-4-22-6-10(11)14/h1-3,10,14H,4,6,21H2. The van der Waals surface area contributed by atoms with E-state index in [4.69, 9.17) is 17.3 Å². The number of halogens is 1. The third kappa shape index (κ3) is 2.25. The number of rotatable bonds is 1. The number of fused-ring (bicyclic) bond motifs is 1. The van der Waals surface area contributed by atoms with Gasteiger partial charge < -0.3 is 5.73 Å². The lowest BCUT2D eigenvalue weighted by Crippen LogP contribution is -2.41. The van der Waals surface area contributed by atoms with E-state index in [0.717, 1.165) is 22.0 Å². The number of nitriles is 3. The lowest BCUT2D eigenvalue weighted by molar-refractivity contribution is 0.480. The van der Waals surface area contributed by atoms with Gasteiger partial charge in [0.2, 0.25) is 5.41 Å². The minimum Gasteiger partial charge on any atom is -0.399 e. The average Bonchev–Trinajstić information content (AvgIpc) is 3.00. The fraction of sp³-hybridized carbons (Fsp3) is 0.312. The van der Waals surface area contributed by atoms with Crippen molar-refractivity contribution in [3.8, 4) is 18.2 Å². The molecule has 2 atom stereocenters. The van der Waals surface area contributed by atoms with Crippen LogP contribution in [0.5, 0.6) is 0 Å². The second-order valence-corrected chi connectivity index (χ2v) is 8.16. The van der Waals surface area contributed by atoms with Crippen molar-refractivity contribution in [2.45, 2.75) is 5.92 Å². The molecule has 0 radical (unpaired) electrons. The van der Waals surface area contributed by atoms with Crippen LogP contribution in [0.25, 0.3) is 0 Å². The molecular weight excluding hydrogens is 348 g/mol. The number of thioether (sulfide) groups is 1. The van der Waals surface area contributed by atoms with Crippen molar-refractivity contribution in [3.05, 3.63) is 44.3 Å². The molecule has 0 saturated carbocycles. The van der Waals surface area contributed by atoms with E-state index in [1.54, 1.807) is 17.8 Å². The minimum absolute atomic E-state index is 0.0638. The highest BCUT2D eigenvalue weighted by Crippen LogP contribution is 2.54. The molecule has 2 heterocycles. The Morgan fingerprint density at radius 3 is 2.57 bits per heavy atom. The fourth-order valence-electron chi connectivity index (χ4n) is 3.26. The van der Waals surface area contributed by atoms with Gasteiger partial charge in [-0.05, 0) is 17.7 Å². The Morgan fingerprint density at radius 1 is 1.26 bits per heavy atom. The molecular formula is C16H11ClN4S2. The highest BCUT2D eigenvalue weighted by atomic mass is 35.5. The maximum Gasteiger partial charge on any atom is 0.204 e. The molecule has 1 aromatic rings. The first kappa shape index (κ1) is 16.0. The van der Waals surface area contributed by atoms with Crippen LogP contribution in [0.2, 0.25) is 4.34 Å². The van der Waals surface area contributed by atoms with Gasteiger partial charge in [0.1, 0.15) is 0 Å². The molecule has 2 unspecified atom stereocenters. The van der Waals surface area contributed by atoms with Crippen molar-refractivity contribution in [2.75, 3.05) is 11.5 Å². The molecule has 0 fully saturated rings. The van der Waals surface area contributed by atoms with Gasteiger partial charge in [-0.1, -0.05) is 17.7 Å². The molecule has 0 bridgehead atoms. The van der Waals surface area contributed by atoms with E-state index in [1.165, 1.54) is 11.3 Å². The Morgan fingerprint density at radius 2 is 2.00 bits per heavy atom. The smallest absolute Gasteiger partial charge is 0.204 e. The van der Waals surface area contributed by atoms with Crippen LogP contribution in [0.4, 0.5) is 0 Å². The third-order valence-corrected chi connectivity index (χ3v) is 6.63. The van der Waals surface area contributed by atoms with E-state index >= 15 is 0 Å². The van der Waals surface area contributed by atoms with Gasteiger partial charge in [0.25, 0.3) is 0 Å². The predicted octanol–water partition coefficient (Wildman–Crippen LogP) is 3.56. The summed E-state index contributed by atoms with van der Waals surface area (Å²) in [7, 11) is 0. The topological polar surface area (TPSA) is 97.4 Å². The molecule has 0 saturated heterocycles. The largest absolute Gasteiger partial charge is 0.399 e. The number of allylic oxidation sites excluding steroid dienone is 2. The van der Waals surface area contributed by atoms with Gasteiger partial charge in [-0.25, -0.2) is 0 Å². The molecule has 0 amide bonds. The van der Waals surface area contributed by atoms with Crippen LogP contribution in [0.1, 0.15) is 10.8 Å². The van der Waals surface area contributed by atoms with E-state index in [-0.39, 0.29) is 17.5 Å². The lowest BCUT2D eigenvalue weighted by Gasteiger charge is -2.41. The molecule has 0 aromatic carbocycles. The van der Waals surface area contributed by atoms with Crippen LogP contribution in [0.3, 0.4) is 0 Å². The SMILES string of the molecule is N#CC1=C(N)C(C#N)(C#N)C2=CCSCC2C1c1ccc(Cl)s1. The molecule has 2 N–H and O–H groups in total. The Labute approximate surface area is 147 Å². The molecule has 1 aromatic heterocycles. The zero-order valence-corrected chi connectivity index (χ0v) is 14.3. The van der Waals surface area contributed by atoms with E-state index < -0.39 is 5.41 Å². The van der Waals surface area contributed by atoms with Gasteiger partial charge in [0.05, 0.1) is 33.8 Å². The monoisotopic (exact) mass is 358 g/mol. The number of nitrogens with two attached hydrogens (primary N) is 1. The summed E-state index contributed by atoms with van der Waals surface area (Å²) in [6.07, 6.45) is 1.93. The summed E-state index contributed by atoms with van der Waals surface area (Å²) in [6.45, 7) is 0. The molecule has 0 spiro atoms. The normalized spacial score (nSPS) is 25.6. The van der Waals surface area contributed by atoms with Gasteiger partial charge in [0, 0.05) is 28.2 Å². The number of nitrogens with zero attached hydrogens (tertiary/aromatic N) is 3. The zero-order chi connectivity index (χ0) is 16.6. The Kier molecular flexibility index (Phi) is 4.13. The van der Waals surface area contributed by atoms with Gasteiger partial charge in [0.15, 0.2) is 0 Å². The summed E-state index contributed by atoms with van der Waals surface area (Å²) in [4.78, 5) is 0.942. The quantitative estimate of drug-likeness (QED) is 0.774. The molecule has 7 heteroatoms. The molecule has 4 nitrogen and oxygen atoms in total. The van der Waals surface area contributed by atoms with Crippen molar-refractivity contribution in [1.29, 1.82) is 15.8 Å². The van der Waals surface area contributed by atoms with Crippen molar-refractivity contribution in [2.24, 2.45) is 17.1 Å². The highest BCUT2D eigenvalue weighted by Gasteiger charge is 2.52. The van der Waals surface area contributed by atoms with E-state index in [2.05, 4.69) is 18.2 Å². The first-order valence-electron chi connectivity index (χ1n) is 6.85. The Balaban J connectivity index is 2.30. The summed E-state index contributed by atoms with van der Waals surface area (Å²) >= 11 is 9.19. The second kappa shape index (κ2) is 5.95. The van der Waals surface area contributed by atoms with Crippen LogP contribution in [0, 0.1) is 45.3 Å². The molecule has 1 aliphatic heterocycles. The van der Waals surface area contributed by atoms with Crippen LogP contribution in [0.15, 0.2) is 35.1 Å². The lowest BCUT2D eigenvalue weighted by atomic mass is 9.62. The first-order chi connectivity index (χ1) is 11.1. The number of thiophene rings is 1. The van der Waals surface area contributed by atoms with E-state index in [1.807, 2.05) is 12.1 Å². The maximum absolute atomic E-state index is 9.66. The number of hydrogen-bond donors (Lipinski definition) is 1. The second-order valence-electron chi connectivity index (χ2n) is 5.34. The molecule has 1 aliphatic carbocycles. The summed E-state index contributed by atoms with van der Waals surface area (Å²) in [5.41, 5.74) is 5.74. The van der Waals surface area contributed by atoms with Gasteiger partial charge >= 0.3 is 0 Å². The number of hydrogen-bond acceptors (Lipinski definition) is 6. The van der Waals surface area contributed by atoms with Crippen molar-refractivity contribution in [3.63, 3.8) is 0 Å². The van der Waals surface area contributed by atoms with Gasteiger partial charge in [-0.15, -0.1) is 11.3 Å². The maximum atomic E-state index is 9.66. The van der Waals surface area contributed by atoms with Crippen LogP contribution < -0.4 is 5.73 Å². The highest BCUT2D eigenvalue weighted by molar-refractivity contribution is 7.99. The van der Waals surface area contributed by atoms with E-state index in [0.29, 0.717) is 9.91 Å². The fourth-order valence-corrected chi connectivity index (χ4v) is 5.55. The van der Waals surface area contributed by atoms with Crippen molar-refractivity contribution >= 4 is 34.7 Å². The molecule has 114 valence electrons.